The zero-order valence-electron chi connectivity index (χ0n) is 15.8. The Morgan fingerprint density at radius 3 is 2.32 bits per heavy atom. The van der Waals surface area contributed by atoms with Crippen molar-refractivity contribution < 1.29 is 14.3 Å². The van der Waals surface area contributed by atoms with E-state index in [0.29, 0.717) is 13.1 Å². The van der Waals surface area contributed by atoms with E-state index in [0.717, 1.165) is 16.8 Å². The van der Waals surface area contributed by atoms with Crippen LogP contribution in [0.25, 0.3) is 0 Å². The number of nitrogens with zero attached hydrogens (tertiary/aromatic N) is 1. The number of carbonyl (C=O) groups excluding carboxylic acids is 2. The van der Waals surface area contributed by atoms with Gasteiger partial charge in [0.25, 0.3) is 0 Å². The van der Waals surface area contributed by atoms with E-state index >= 15 is 0 Å². The summed E-state index contributed by atoms with van der Waals surface area (Å²) in [7, 11) is 0. The Morgan fingerprint density at radius 1 is 1.20 bits per heavy atom. The van der Waals surface area contributed by atoms with E-state index in [1.807, 2.05) is 52.8 Å². The van der Waals surface area contributed by atoms with Crippen LogP contribution in [0.2, 0.25) is 0 Å². The largest absolute Gasteiger partial charge is 0.373 e. The highest BCUT2D eigenvalue weighted by atomic mass is 16.5. The van der Waals surface area contributed by atoms with Crippen LogP contribution in [0.4, 0.5) is 5.69 Å². The second kappa shape index (κ2) is 8.45. The molecule has 0 radical (unpaired) electrons. The number of anilines is 1. The van der Waals surface area contributed by atoms with Gasteiger partial charge in [-0.1, -0.05) is 18.2 Å². The maximum atomic E-state index is 12.4. The van der Waals surface area contributed by atoms with Crippen LogP contribution in [0.5, 0.6) is 0 Å². The molecular weight excluding hydrogens is 318 g/mol. The Labute approximate surface area is 149 Å². The van der Waals surface area contributed by atoms with Crippen LogP contribution in [0.1, 0.15) is 31.9 Å². The Bertz CT molecular complexity index is 602. The lowest BCUT2D eigenvalue weighted by molar-refractivity contribution is -0.133. The fourth-order valence-corrected chi connectivity index (χ4v) is 3.21. The lowest BCUT2D eigenvalue weighted by Gasteiger charge is -2.38. The first kappa shape index (κ1) is 19.4. The van der Waals surface area contributed by atoms with Crippen molar-refractivity contribution in [2.45, 2.75) is 52.9 Å². The predicted octanol–water partition coefficient (Wildman–Crippen LogP) is 1.86. The molecule has 6 nitrogen and oxygen atoms in total. The Hall–Kier alpha value is -1.92. The van der Waals surface area contributed by atoms with Gasteiger partial charge in [-0.2, -0.15) is 0 Å². The highest BCUT2D eigenvalue weighted by Gasteiger charge is 2.29. The van der Waals surface area contributed by atoms with Crippen molar-refractivity contribution in [3.8, 4) is 0 Å². The van der Waals surface area contributed by atoms with E-state index in [9.17, 15) is 9.59 Å². The minimum atomic E-state index is -0.290. The Balaban J connectivity index is 1.85. The number of amides is 2. The zero-order valence-corrected chi connectivity index (χ0v) is 15.8. The molecule has 138 valence electrons. The van der Waals surface area contributed by atoms with Crippen LogP contribution in [0.3, 0.4) is 0 Å². The van der Waals surface area contributed by atoms with Crippen LogP contribution in [0.15, 0.2) is 18.2 Å². The van der Waals surface area contributed by atoms with Gasteiger partial charge in [-0.25, -0.2) is 0 Å². The molecule has 25 heavy (non-hydrogen) atoms. The van der Waals surface area contributed by atoms with Crippen molar-refractivity contribution in [1.29, 1.82) is 0 Å². The molecule has 0 bridgehead atoms. The number of benzene rings is 1. The van der Waals surface area contributed by atoms with Crippen molar-refractivity contribution in [3.63, 3.8) is 0 Å². The molecule has 0 aromatic heterocycles. The maximum absolute atomic E-state index is 12.4. The highest BCUT2D eigenvalue weighted by Crippen LogP contribution is 2.19. The zero-order chi connectivity index (χ0) is 18.6. The molecule has 1 aromatic carbocycles. The summed E-state index contributed by atoms with van der Waals surface area (Å²) < 4.78 is 5.70. The molecule has 2 N–H and O–H groups in total. The molecule has 1 fully saturated rings. The van der Waals surface area contributed by atoms with Gasteiger partial charge < -0.3 is 15.4 Å². The lowest BCUT2D eigenvalue weighted by atomic mass is 10.1. The summed E-state index contributed by atoms with van der Waals surface area (Å²) in [6, 6.07) is 5.56. The number of carbonyl (C=O) groups is 2. The molecule has 0 aliphatic carbocycles. The molecule has 1 aliphatic heterocycles. The monoisotopic (exact) mass is 347 g/mol. The Kier molecular flexibility index (Phi) is 6.56. The topological polar surface area (TPSA) is 70.7 Å². The van der Waals surface area contributed by atoms with Gasteiger partial charge in [-0.05, 0) is 45.7 Å². The highest BCUT2D eigenvalue weighted by molar-refractivity contribution is 5.96. The van der Waals surface area contributed by atoms with Crippen molar-refractivity contribution in [3.05, 3.63) is 29.3 Å². The van der Waals surface area contributed by atoms with E-state index in [1.165, 1.54) is 0 Å². The van der Waals surface area contributed by atoms with Gasteiger partial charge in [0.15, 0.2) is 0 Å². The van der Waals surface area contributed by atoms with Crippen LogP contribution in [0, 0.1) is 13.8 Å². The molecule has 0 unspecified atom stereocenters. The first-order valence-corrected chi connectivity index (χ1v) is 8.81. The molecule has 0 saturated carbocycles. The summed E-state index contributed by atoms with van der Waals surface area (Å²) in [5.41, 5.74) is 2.82. The molecule has 2 rings (SSSR count). The van der Waals surface area contributed by atoms with Crippen LogP contribution in [-0.4, -0.2) is 54.6 Å². The summed E-state index contributed by atoms with van der Waals surface area (Å²) in [6.07, 6.45) is 0.206. The van der Waals surface area contributed by atoms with E-state index in [1.54, 1.807) is 0 Å². The van der Waals surface area contributed by atoms with Gasteiger partial charge in [0, 0.05) is 18.8 Å². The molecular formula is C19H29N3O3. The van der Waals surface area contributed by atoms with Crippen molar-refractivity contribution >= 4 is 17.5 Å². The van der Waals surface area contributed by atoms with E-state index in [2.05, 4.69) is 15.5 Å². The normalized spacial score (nSPS) is 22.3. The fraction of sp³-hybridized carbons (Fsp3) is 0.579. The van der Waals surface area contributed by atoms with Gasteiger partial charge >= 0.3 is 0 Å². The first-order chi connectivity index (χ1) is 11.8. The van der Waals surface area contributed by atoms with Crippen molar-refractivity contribution in [2.75, 3.05) is 25.0 Å². The second-order valence-corrected chi connectivity index (χ2v) is 6.92. The van der Waals surface area contributed by atoms with Crippen LogP contribution >= 0.6 is 0 Å². The number of aryl methyl sites for hydroxylation is 2. The number of para-hydroxylation sites is 1. The molecule has 1 heterocycles. The maximum Gasteiger partial charge on any atom is 0.243 e. The number of ether oxygens (including phenoxy) is 1. The quantitative estimate of drug-likeness (QED) is 0.853. The third-order valence-corrected chi connectivity index (χ3v) is 4.54. The molecule has 1 aromatic rings. The summed E-state index contributed by atoms with van der Waals surface area (Å²) in [4.78, 5) is 26.6. The molecule has 3 atom stereocenters. The van der Waals surface area contributed by atoms with E-state index in [-0.39, 0.29) is 36.6 Å². The van der Waals surface area contributed by atoms with Crippen molar-refractivity contribution in [1.82, 2.24) is 10.2 Å². The molecule has 1 aliphatic rings. The smallest absolute Gasteiger partial charge is 0.243 e. The van der Waals surface area contributed by atoms with Gasteiger partial charge in [-0.3, -0.25) is 14.5 Å². The van der Waals surface area contributed by atoms with Crippen LogP contribution in [-0.2, 0) is 14.3 Å². The summed E-state index contributed by atoms with van der Waals surface area (Å²) in [5.74, 6) is -0.361. The molecule has 0 spiro atoms. The molecule has 1 saturated heterocycles. The van der Waals surface area contributed by atoms with Gasteiger partial charge in [-0.15, -0.1) is 0 Å². The standard InChI is InChI=1S/C19H29N3O3/c1-12-7-6-8-13(2)18(12)21-17(23)9-20-19(24)16(5)22-10-14(3)25-15(4)11-22/h6-8,14-16H,9-11H2,1-5H3,(H,20,24)(H,21,23)/t14-,15-,16-/m0/s1. The number of hydrogen-bond donors (Lipinski definition) is 2. The predicted molar refractivity (Wildman–Crippen MR) is 98.6 cm³/mol. The minimum Gasteiger partial charge on any atom is -0.373 e. The fourth-order valence-electron chi connectivity index (χ4n) is 3.21. The SMILES string of the molecule is Cc1cccc(C)c1NC(=O)CNC(=O)[C@H](C)N1C[C@H](C)O[C@@H](C)C1. The van der Waals surface area contributed by atoms with Gasteiger partial charge in [0.1, 0.15) is 0 Å². The van der Waals surface area contributed by atoms with E-state index < -0.39 is 0 Å². The summed E-state index contributed by atoms with van der Waals surface area (Å²) in [6.45, 7) is 11.2. The number of rotatable bonds is 5. The first-order valence-electron chi connectivity index (χ1n) is 8.81. The summed E-state index contributed by atoms with van der Waals surface area (Å²) >= 11 is 0. The van der Waals surface area contributed by atoms with Crippen LogP contribution < -0.4 is 10.6 Å². The average Bonchev–Trinajstić information content (AvgIpc) is 2.54. The average molecular weight is 347 g/mol. The third-order valence-electron chi connectivity index (χ3n) is 4.54. The number of hydrogen-bond acceptors (Lipinski definition) is 4. The van der Waals surface area contributed by atoms with E-state index in [4.69, 9.17) is 4.74 Å². The van der Waals surface area contributed by atoms with Crippen molar-refractivity contribution in [2.24, 2.45) is 0 Å². The lowest BCUT2D eigenvalue weighted by Crippen LogP contribution is -2.54. The minimum absolute atomic E-state index is 0.0353. The van der Waals surface area contributed by atoms with Gasteiger partial charge in [0.05, 0.1) is 24.8 Å². The number of morpholine rings is 1. The van der Waals surface area contributed by atoms with Gasteiger partial charge in [0.2, 0.25) is 11.8 Å². The number of nitrogens with one attached hydrogen (secondary N) is 2. The summed E-state index contributed by atoms with van der Waals surface area (Å²) in [5, 5.41) is 5.61. The Morgan fingerprint density at radius 2 is 1.76 bits per heavy atom. The third kappa shape index (κ3) is 5.28. The second-order valence-electron chi connectivity index (χ2n) is 6.92. The molecule has 6 heteroatoms. The molecule has 2 amide bonds.